The molecule has 13 heavy (non-hydrogen) atoms. The highest BCUT2D eigenvalue weighted by atomic mass is 16.5. The number of nitrogens with zero attached hydrogens (tertiary/aromatic N) is 1. The first-order chi connectivity index (χ1) is 6.40. The topological polar surface area (TPSA) is 12.5 Å². The molecule has 2 nitrogen and oxygen atoms in total. The lowest BCUT2D eigenvalue weighted by molar-refractivity contribution is 0.0554. The van der Waals surface area contributed by atoms with Crippen molar-refractivity contribution in [3.63, 3.8) is 0 Å². The molecule has 0 amide bonds. The zero-order valence-electron chi connectivity index (χ0n) is 8.67. The van der Waals surface area contributed by atoms with E-state index in [1.54, 1.807) is 0 Å². The third kappa shape index (κ3) is 2.23. The highest BCUT2D eigenvalue weighted by molar-refractivity contribution is 4.83. The maximum Gasteiger partial charge on any atom is 0.0491 e. The molecule has 0 N–H and O–H groups in total. The van der Waals surface area contributed by atoms with Crippen LogP contribution in [0.15, 0.2) is 0 Å². The molecule has 76 valence electrons. The molecular formula is C11H21NO. The molecule has 0 aromatic rings. The molecule has 1 aliphatic carbocycles. The summed E-state index contributed by atoms with van der Waals surface area (Å²) in [5.74, 6) is 0.835. The van der Waals surface area contributed by atoms with Crippen LogP contribution in [-0.4, -0.2) is 37.7 Å². The van der Waals surface area contributed by atoms with E-state index in [1.807, 2.05) is 7.11 Å². The Morgan fingerprint density at radius 3 is 2.31 bits per heavy atom. The second kappa shape index (κ2) is 4.43. The fraction of sp³-hybridized carbons (Fsp3) is 1.00. The third-order valence-electron chi connectivity index (χ3n) is 3.64. The fourth-order valence-corrected chi connectivity index (χ4v) is 2.47. The van der Waals surface area contributed by atoms with Gasteiger partial charge in [0, 0.05) is 19.8 Å². The molecule has 1 aliphatic heterocycles. The molecule has 0 bridgehead atoms. The smallest absolute Gasteiger partial charge is 0.0491 e. The molecule has 2 fully saturated rings. The van der Waals surface area contributed by atoms with Gasteiger partial charge in [-0.2, -0.15) is 0 Å². The van der Waals surface area contributed by atoms with Crippen molar-refractivity contribution in [1.29, 1.82) is 0 Å². The summed E-state index contributed by atoms with van der Waals surface area (Å²) in [6, 6.07) is 0.948. The highest BCUT2D eigenvalue weighted by Gasteiger charge is 2.28. The van der Waals surface area contributed by atoms with Gasteiger partial charge in [-0.15, -0.1) is 0 Å². The van der Waals surface area contributed by atoms with Crippen LogP contribution in [-0.2, 0) is 4.74 Å². The summed E-state index contributed by atoms with van der Waals surface area (Å²) in [5, 5.41) is 0. The van der Waals surface area contributed by atoms with E-state index in [0.717, 1.165) is 18.6 Å². The summed E-state index contributed by atoms with van der Waals surface area (Å²) < 4.78 is 5.20. The largest absolute Gasteiger partial charge is 0.384 e. The molecule has 2 aliphatic rings. The zero-order valence-corrected chi connectivity index (χ0v) is 8.67. The molecule has 1 saturated heterocycles. The van der Waals surface area contributed by atoms with E-state index >= 15 is 0 Å². The molecular weight excluding hydrogens is 162 g/mol. The SMILES string of the molecule is COCC1CCN(C2CCC2)CC1. The normalized spacial score (nSPS) is 27.5. The fourth-order valence-electron chi connectivity index (χ4n) is 2.47. The first kappa shape index (κ1) is 9.47. The van der Waals surface area contributed by atoms with Crippen molar-refractivity contribution in [3.05, 3.63) is 0 Å². The molecule has 0 aromatic carbocycles. The van der Waals surface area contributed by atoms with Gasteiger partial charge in [-0.3, -0.25) is 0 Å². The van der Waals surface area contributed by atoms with Crippen LogP contribution in [0.25, 0.3) is 0 Å². The maximum atomic E-state index is 5.20. The van der Waals surface area contributed by atoms with Gasteiger partial charge in [0.2, 0.25) is 0 Å². The molecule has 2 heteroatoms. The van der Waals surface area contributed by atoms with Gasteiger partial charge >= 0.3 is 0 Å². The van der Waals surface area contributed by atoms with Crippen LogP contribution in [0, 0.1) is 5.92 Å². The molecule has 0 aromatic heterocycles. The first-order valence-corrected chi connectivity index (χ1v) is 5.63. The van der Waals surface area contributed by atoms with Gasteiger partial charge in [-0.25, -0.2) is 0 Å². The average Bonchev–Trinajstić information content (AvgIpc) is 2.06. The Bertz CT molecular complexity index is 148. The summed E-state index contributed by atoms with van der Waals surface area (Å²) in [6.07, 6.45) is 7.07. The lowest BCUT2D eigenvalue weighted by atomic mass is 9.88. The van der Waals surface area contributed by atoms with Crippen LogP contribution < -0.4 is 0 Å². The van der Waals surface area contributed by atoms with Crippen molar-refractivity contribution in [2.75, 3.05) is 26.8 Å². The van der Waals surface area contributed by atoms with E-state index in [2.05, 4.69) is 4.90 Å². The number of likely N-dealkylation sites (tertiary alicyclic amines) is 1. The monoisotopic (exact) mass is 183 g/mol. The first-order valence-electron chi connectivity index (χ1n) is 5.63. The molecule has 1 heterocycles. The van der Waals surface area contributed by atoms with Crippen LogP contribution in [0.2, 0.25) is 0 Å². The second-order valence-corrected chi connectivity index (χ2v) is 4.52. The Labute approximate surface area is 81.3 Å². The highest BCUT2D eigenvalue weighted by Crippen LogP contribution is 2.28. The third-order valence-corrected chi connectivity index (χ3v) is 3.64. The Morgan fingerprint density at radius 2 is 1.85 bits per heavy atom. The Balaban J connectivity index is 1.69. The number of hydrogen-bond donors (Lipinski definition) is 0. The summed E-state index contributed by atoms with van der Waals surface area (Å²) in [4.78, 5) is 2.69. The minimum Gasteiger partial charge on any atom is -0.384 e. The van der Waals surface area contributed by atoms with Gasteiger partial charge in [-0.1, -0.05) is 6.42 Å². The summed E-state index contributed by atoms with van der Waals surface area (Å²) in [6.45, 7) is 3.61. The molecule has 0 radical (unpaired) electrons. The van der Waals surface area contributed by atoms with Crippen molar-refractivity contribution >= 4 is 0 Å². The summed E-state index contributed by atoms with van der Waals surface area (Å²) in [7, 11) is 1.82. The standard InChI is InChI=1S/C11H21NO/c1-13-9-10-5-7-12(8-6-10)11-3-2-4-11/h10-11H,2-9H2,1H3. The molecule has 0 spiro atoms. The van der Waals surface area contributed by atoms with E-state index in [1.165, 1.54) is 45.2 Å². The van der Waals surface area contributed by atoms with Crippen LogP contribution in [0.5, 0.6) is 0 Å². The number of hydrogen-bond acceptors (Lipinski definition) is 2. The lowest BCUT2D eigenvalue weighted by Crippen LogP contribution is -2.45. The van der Waals surface area contributed by atoms with Gasteiger partial charge in [0.15, 0.2) is 0 Å². The van der Waals surface area contributed by atoms with E-state index in [9.17, 15) is 0 Å². The van der Waals surface area contributed by atoms with Crippen molar-refractivity contribution in [2.24, 2.45) is 5.92 Å². The Hall–Kier alpha value is -0.0800. The van der Waals surface area contributed by atoms with E-state index in [-0.39, 0.29) is 0 Å². The van der Waals surface area contributed by atoms with Crippen LogP contribution in [0.1, 0.15) is 32.1 Å². The summed E-state index contributed by atoms with van der Waals surface area (Å²) >= 11 is 0. The van der Waals surface area contributed by atoms with Crippen molar-refractivity contribution in [1.82, 2.24) is 4.90 Å². The molecule has 0 unspecified atom stereocenters. The minimum absolute atomic E-state index is 0.835. The molecule has 1 saturated carbocycles. The van der Waals surface area contributed by atoms with Gasteiger partial charge in [0.25, 0.3) is 0 Å². The van der Waals surface area contributed by atoms with Gasteiger partial charge in [-0.05, 0) is 44.7 Å². The van der Waals surface area contributed by atoms with E-state index < -0.39 is 0 Å². The lowest BCUT2D eigenvalue weighted by Gasteiger charge is -2.41. The van der Waals surface area contributed by atoms with Crippen molar-refractivity contribution in [2.45, 2.75) is 38.1 Å². The van der Waals surface area contributed by atoms with Gasteiger partial charge < -0.3 is 9.64 Å². The number of piperidine rings is 1. The zero-order chi connectivity index (χ0) is 9.10. The maximum absolute atomic E-state index is 5.20. The molecule has 2 rings (SSSR count). The molecule has 0 atom stereocenters. The second-order valence-electron chi connectivity index (χ2n) is 4.52. The van der Waals surface area contributed by atoms with Crippen LogP contribution in [0.4, 0.5) is 0 Å². The minimum atomic E-state index is 0.835. The predicted octanol–water partition coefficient (Wildman–Crippen LogP) is 1.90. The van der Waals surface area contributed by atoms with E-state index in [0.29, 0.717) is 0 Å². The van der Waals surface area contributed by atoms with Crippen molar-refractivity contribution in [3.8, 4) is 0 Å². The Morgan fingerprint density at radius 1 is 1.15 bits per heavy atom. The Kier molecular flexibility index (Phi) is 3.23. The van der Waals surface area contributed by atoms with Gasteiger partial charge in [0.1, 0.15) is 0 Å². The van der Waals surface area contributed by atoms with Gasteiger partial charge in [0.05, 0.1) is 0 Å². The van der Waals surface area contributed by atoms with Crippen LogP contribution in [0.3, 0.4) is 0 Å². The van der Waals surface area contributed by atoms with E-state index in [4.69, 9.17) is 4.74 Å². The van der Waals surface area contributed by atoms with Crippen molar-refractivity contribution < 1.29 is 4.74 Å². The number of ether oxygens (including phenoxy) is 1. The quantitative estimate of drug-likeness (QED) is 0.662. The number of rotatable bonds is 3. The van der Waals surface area contributed by atoms with Crippen LogP contribution >= 0.6 is 0 Å². The number of methoxy groups -OCH3 is 1. The average molecular weight is 183 g/mol. The summed E-state index contributed by atoms with van der Waals surface area (Å²) in [5.41, 5.74) is 0. The predicted molar refractivity (Wildman–Crippen MR) is 53.8 cm³/mol.